The second kappa shape index (κ2) is 5.21. The van der Waals surface area contributed by atoms with Gasteiger partial charge < -0.3 is 10.3 Å². The first-order chi connectivity index (χ1) is 11.8. The van der Waals surface area contributed by atoms with Crippen molar-refractivity contribution in [3.05, 3.63) is 82.6 Å². The Morgan fingerprint density at radius 1 is 0.958 bits per heavy atom. The molecule has 2 aromatic carbocycles. The van der Waals surface area contributed by atoms with E-state index in [0.717, 1.165) is 21.4 Å². The highest BCUT2D eigenvalue weighted by Crippen LogP contribution is 2.42. The molecule has 5 rings (SSSR count). The van der Waals surface area contributed by atoms with Crippen LogP contribution < -0.4 is 5.32 Å². The molecule has 116 valence electrons. The van der Waals surface area contributed by atoms with Gasteiger partial charge in [-0.3, -0.25) is 4.98 Å². The van der Waals surface area contributed by atoms with Crippen LogP contribution in [0.1, 0.15) is 17.2 Å². The molecule has 0 spiro atoms. The van der Waals surface area contributed by atoms with Crippen LogP contribution in [-0.4, -0.2) is 9.97 Å². The molecule has 1 unspecified atom stereocenters. The average molecular weight is 376 g/mol. The van der Waals surface area contributed by atoms with Crippen molar-refractivity contribution < 1.29 is 0 Å². The van der Waals surface area contributed by atoms with Crippen LogP contribution in [-0.2, 0) is 0 Å². The van der Waals surface area contributed by atoms with Gasteiger partial charge in [0.25, 0.3) is 0 Å². The number of anilines is 1. The van der Waals surface area contributed by atoms with Gasteiger partial charge in [-0.1, -0.05) is 40.2 Å². The van der Waals surface area contributed by atoms with Crippen LogP contribution in [0.15, 0.2) is 71.5 Å². The Hall–Kier alpha value is -2.59. The van der Waals surface area contributed by atoms with E-state index >= 15 is 0 Å². The molecule has 0 fully saturated rings. The van der Waals surface area contributed by atoms with Gasteiger partial charge in [0.2, 0.25) is 0 Å². The lowest BCUT2D eigenvalue weighted by atomic mass is 9.97. The van der Waals surface area contributed by atoms with Gasteiger partial charge in [0.05, 0.1) is 17.4 Å². The Morgan fingerprint density at radius 3 is 2.71 bits per heavy atom. The Bertz CT molecular complexity index is 1050. The van der Waals surface area contributed by atoms with Gasteiger partial charge in [0.15, 0.2) is 0 Å². The Morgan fingerprint density at radius 2 is 1.83 bits per heavy atom. The van der Waals surface area contributed by atoms with E-state index < -0.39 is 0 Å². The number of halogens is 1. The van der Waals surface area contributed by atoms with E-state index in [9.17, 15) is 0 Å². The summed E-state index contributed by atoms with van der Waals surface area (Å²) in [5.41, 5.74) is 6.86. The number of nitrogens with one attached hydrogen (secondary N) is 2. The zero-order valence-corrected chi connectivity index (χ0v) is 14.3. The van der Waals surface area contributed by atoms with Gasteiger partial charge in [0, 0.05) is 38.9 Å². The summed E-state index contributed by atoms with van der Waals surface area (Å²) in [6.07, 6.45) is 3.96. The zero-order chi connectivity index (χ0) is 16.1. The standard InChI is InChI=1S/C20H14BrN3/c21-13-8-6-12(7-9-13)19-15-11-23-16-4-1-3-14(18(15)16)20-17(24-19)5-2-10-22-20/h1-11,19,23-24H. The molecule has 0 amide bonds. The predicted octanol–water partition coefficient (Wildman–Crippen LogP) is 5.51. The molecule has 0 bridgehead atoms. The summed E-state index contributed by atoms with van der Waals surface area (Å²) < 4.78 is 1.08. The van der Waals surface area contributed by atoms with Crippen LogP contribution in [0.25, 0.3) is 22.2 Å². The SMILES string of the molecule is Brc1ccc(C2Nc3cccnc3-c3cccc4[nH]cc2c34)cc1. The first kappa shape index (κ1) is 13.8. The van der Waals surface area contributed by atoms with Crippen molar-refractivity contribution in [1.29, 1.82) is 0 Å². The van der Waals surface area contributed by atoms with E-state index in [1.54, 1.807) is 0 Å². The Kier molecular flexibility index (Phi) is 3.00. The second-order valence-corrected chi connectivity index (χ2v) is 6.92. The fraction of sp³-hybridized carbons (Fsp3) is 0.0500. The minimum absolute atomic E-state index is 0.0819. The molecule has 1 aliphatic rings. The van der Waals surface area contributed by atoms with E-state index in [1.165, 1.54) is 22.1 Å². The van der Waals surface area contributed by atoms with Crippen molar-refractivity contribution in [2.75, 3.05) is 5.32 Å². The lowest BCUT2D eigenvalue weighted by Crippen LogP contribution is -2.11. The van der Waals surface area contributed by atoms with Crippen molar-refractivity contribution in [3.63, 3.8) is 0 Å². The highest BCUT2D eigenvalue weighted by Gasteiger charge is 2.25. The maximum atomic E-state index is 4.64. The molecule has 0 saturated carbocycles. The van der Waals surface area contributed by atoms with Crippen LogP contribution in [0.3, 0.4) is 0 Å². The fourth-order valence-corrected chi connectivity index (χ4v) is 3.79. The topological polar surface area (TPSA) is 40.7 Å². The first-order valence-electron chi connectivity index (χ1n) is 7.88. The van der Waals surface area contributed by atoms with Gasteiger partial charge in [-0.05, 0) is 35.9 Å². The van der Waals surface area contributed by atoms with Crippen LogP contribution >= 0.6 is 15.9 Å². The number of nitrogens with zero attached hydrogens (tertiary/aromatic N) is 1. The number of hydrogen-bond acceptors (Lipinski definition) is 2. The first-order valence-corrected chi connectivity index (χ1v) is 8.68. The van der Waals surface area contributed by atoms with Crippen LogP contribution in [0, 0.1) is 0 Å². The number of benzene rings is 2. The number of rotatable bonds is 1. The lowest BCUT2D eigenvalue weighted by molar-refractivity contribution is 0.951. The summed E-state index contributed by atoms with van der Waals surface area (Å²) >= 11 is 3.52. The molecule has 4 heteroatoms. The largest absolute Gasteiger partial charge is 0.372 e. The van der Waals surface area contributed by atoms with Gasteiger partial charge in [0.1, 0.15) is 0 Å². The average Bonchev–Trinajstić information content (AvgIpc) is 2.98. The Balaban J connectivity index is 1.83. The van der Waals surface area contributed by atoms with E-state index in [1.807, 2.05) is 12.3 Å². The maximum absolute atomic E-state index is 4.64. The predicted molar refractivity (Wildman–Crippen MR) is 101 cm³/mol. The molecular formula is C20H14BrN3. The lowest BCUT2D eigenvalue weighted by Gasteiger charge is -2.19. The van der Waals surface area contributed by atoms with E-state index in [4.69, 9.17) is 0 Å². The molecule has 2 aromatic heterocycles. The number of fused-ring (bicyclic) bond motifs is 2. The van der Waals surface area contributed by atoms with Gasteiger partial charge in [-0.2, -0.15) is 0 Å². The normalized spacial score (nSPS) is 15.6. The minimum Gasteiger partial charge on any atom is -0.372 e. The molecule has 3 heterocycles. The van der Waals surface area contributed by atoms with Crippen molar-refractivity contribution in [1.82, 2.24) is 9.97 Å². The molecule has 1 aliphatic heterocycles. The van der Waals surface area contributed by atoms with Crippen molar-refractivity contribution in [3.8, 4) is 11.3 Å². The summed E-state index contributed by atoms with van der Waals surface area (Å²) in [4.78, 5) is 8.05. The van der Waals surface area contributed by atoms with E-state index in [0.29, 0.717) is 0 Å². The summed E-state index contributed by atoms with van der Waals surface area (Å²) in [6, 6.07) is 19.0. The molecule has 1 atom stereocenters. The monoisotopic (exact) mass is 375 g/mol. The second-order valence-electron chi connectivity index (χ2n) is 6.00. The van der Waals surface area contributed by atoms with Gasteiger partial charge >= 0.3 is 0 Å². The van der Waals surface area contributed by atoms with Crippen LogP contribution in [0.4, 0.5) is 5.69 Å². The number of aromatic nitrogens is 2. The molecular weight excluding hydrogens is 362 g/mol. The third-order valence-electron chi connectivity index (χ3n) is 4.61. The molecule has 0 aliphatic carbocycles. The molecule has 4 aromatic rings. The summed E-state index contributed by atoms with van der Waals surface area (Å²) in [5.74, 6) is 0. The summed E-state index contributed by atoms with van der Waals surface area (Å²) in [5, 5.41) is 4.94. The third-order valence-corrected chi connectivity index (χ3v) is 5.14. The van der Waals surface area contributed by atoms with Crippen molar-refractivity contribution >= 4 is 32.5 Å². The van der Waals surface area contributed by atoms with Crippen LogP contribution in [0.2, 0.25) is 0 Å². The number of hydrogen-bond donors (Lipinski definition) is 2. The fourth-order valence-electron chi connectivity index (χ4n) is 3.52. The molecule has 2 N–H and O–H groups in total. The van der Waals surface area contributed by atoms with Gasteiger partial charge in [-0.25, -0.2) is 0 Å². The highest BCUT2D eigenvalue weighted by molar-refractivity contribution is 9.10. The molecule has 0 saturated heterocycles. The number of pyridine rings is 1. The molecule has 0 radical (unpaired) electrons. The Labute approximate surface area is 147 Å². The van der Waals surface area contributed by atoms with Crippen molar-refractivity contribution in [2.45, 2.75) is 6.04 Å². The maximum Gasteiger partial charge on any atom is 0.0940 e. The smallest absolute Gasteiger partial charge is 0.0940 e. The zero-order valence-electron chi connectivity index (χ0n) is 12.8. The van der Waals surface area contributed by atoms with E-state index in [2.05, 4.69) is 85.9 Å². The third kappa shape index (κ3) is 2.00. The van der Waals surface area contributed by atoms with Gasteiger partial charge in [-0.15, -0.1) is 0 Å². The number of H-pyrrole nitrogens is 1. The van der Waals surface area contributed by atoms with Crippen LogP contribution in [0.5, 0.6) is 0 Å². The molecule has 3 nitrogen and oxygen atoms in total. The molecule has 24 heavy (non-hydrogen) atoms. The minimum atomic E-state index is 0.0819. The number of aromatic amines is 1. The summed E-state index contributed by atoms with van der Waals surface area (Å²) in [6.45, 7) is 0. The quantitative estimate of drug-likeness (QED) is 0.460. The highest BCUT2D eigenvalue weighted by atomic mass is 79.9. The van der Waals surface area contributed by atoms with Crippen molar-refractivity contribution in [2.24, 2.45) is 0 Å². The van der Waals surface area contributed by atoms with E-state index in [-0.39, 0.29) is 6.04 Å². The summed E-state index contributed by atoms with van der Waals surface area (Å²) in [7, 11) is 0.